The maximum absolute atomic E-state index is 12.8. The van der Waals surface area contributed by atoms with Gasteiger partial charge in [-0.2, -0.15) is 13.9 Å². The zero-order valence-corrected chi connectivity index (χ0v) is 17.0. The average molecular weight is 452 g/mol. The highest BCUT2D eigenvalue weighted by Gasteiger charge is 2.22. The van der Waals surface area contributed by atoms with Gasteiger partial charge in [0, 0.05) is 29.0 Å². The summed E-state index contributed by atoms with van der Waals surface area (Å²) in [4.78, 5) is 24.3. The van der Waals surface area contributed by atoms with E-state index in [4.69, 9.17) is 20.8 Å². The van der Waals surface area contributed by atoms with Crippen LogP contribution < -0.4 is 10.3 Å². The summed E-state index contributed by atoms with van der Waals surface area (Å²) in [6.45, 7) is -0.861. The second-order valence-corrected chi connectivity index (χ2v) is 7.52. The number of alkyl halides is 2. The number of hydrogen-bond acceptors (Lipinski definition) is 7. The van der Waals surface area contributed by atoms with E-state index in [1.54, 1.807) is 18.2 Å². The van der Waals surface area contributed by atoms with Gasteiger partial charge in [-0.3, -0.25) is 4.79 Å². The number of nitrogens with zero attached hydrogens (tertiary/aromatic N) is 5. The van der Waals surface area contributed by atoms with Crippen molar-refractivity contribution in [1.82, 2.24) is 24.7 Å². The molecule has 0 aliphatic heterocycles. The third kappa shape index (κ3) is 4.77. The van der Waals surface area contributed by atoms with E-state index < -0.39 is 12.3 Å². The molecule has 4 rings (SSSR count). The highest BCUT2D eigenvalue weighted by molar-refractivity contribution is 7.18. The van der Waals surface area contributed by atoms with E-state index in [-0.39, 0.29) is 24.0 Å². The molecule has 0 spiro atoms. The Morgan fingerprint density at radius 2 is 1.97 bits per heavy atom. The molecule has 3 heterocycles. The molecule has 0 fully saturated rings. The average Bonchev–Trinajstić information content (AvgIpc) is 3.09. The predicted molar refractivity (Wildman–Crippen MR) is 108 cm³/mol. The van der Waals surface area contributed by atoms with Crippen molar-refractivity contribution >= 4 is 31.9 Å². The van der Waals surface area contributed by atoms with Crippen LogP contribution in [0.4, 0.5) is 8.78 Å². The van der Waals surface area contributed by atoms with Gasteiger partial charge in [-0.05, 0) is 24.3 Å². The zero-order chi connectivity index (χ0) is 21.3. The normalized spacial score (nSPS) is 11.7. The van der Waals surface area contributed by atoms with Crippen molar-refractivity contribution in [3.05, 3.63) is 64.0 Å². The number of oxazole rings is 1. The Bertz CT molecular complexity index is 1260. The van der Waals surface area contributed by atoms with Gasteiger partial charge in [0.25, 0.3) is 11.2 Å². The van der Waals surface area contributed by atoms with Crippen LogP contribution in [0.15, 0.2) is 51.9 Å². The molecule has 12 heteroatoms. The number of rotatable bonds is 6. The van der Waals surface area contributed by atoms with E-state index in [9.17, 15) is 13.6 Å². The first kappa shape index (κ1) is 20.3. The summed E-state index contributed by atoms with van der Waals surface area (Å²) >= 11 is 5.95. The van der Waals surface area contributed by atoms with Crippen LogP contribution in [0, 0.1) is 0 Å². The number of hydrogen-bond donors (Lipinski definition) is 0. The van der Waals surface area contributed by atoms with Crippen molar-refractivity contribution in [1.29, 1.82) is 0 Å². The van der Waals surface area contributed by atoms with Crippen LogP contribution in [0.2, 0.25) is 5.02 Å². The smallest absolute Gasteiger partial charge is 0.316 e. The maximum Gasteiger partial charge on any atom is 0.316 e. The summed E-state index contributed by atoms with van der Waals surface area (Å²) in [5.74, 6) is 0.289. The molecule has 1 atom stereocenters. The SMILES string of the molecule is O=c1ccc(-c2cnc(OCC(F)(F)P)nc2)nn1Cc1nc2cc(Cl)ccc2o1. The van der Waals surface area contributed by atoms with Crippen molar-refractivity contribution < 1.29 is 17.9 Å². The molecule has 154 valence electrons. The van der Waals surface area contributed by atoms with Crippen molar-refractivity contribution in [2.45, 2.75) is 12.2 Å². The summed E-state index contributed by atoms with van der Waals surface area (Å²) in [5, 5.41) is 4.80. The van der Waals surface area contributed by atoms with Crippen LogP contribution in [0.25, 0.3) is 22.4 Å². The van der Waals surface area contributed by atoms with Crippen LogP contribution in [-0.4, -0.2) is 37.0 Å². The predicted octanol–water partition coefficient (Wildman–Crippen LogP) is 3.39. The van der Waals surface area contributed by atoms with Gasteiger partial charge in [0.2, 0.25) is 5.89 Å². The molecular formula is C18H13ClF2N5O3P. The van der Waals surface area contributed by atoms with Gasteiger partial charge in [-0.25, -0.2) is 19.6 Å². The Balaban J connectivity index is 1.56. The fourth-order valence-electron chi connectivity index (χ4n) is 2.54. The van der Waals surface area contributed by atoms with Gasteiger partial charge in [-0.15, -0.1) is 0 Å². The first-order valence-electron chi connectivity index (χ1n) is 8.52. The van der Waals surface area contributed by atoms with E-state index in [1.165, 1.54) is 38.4 Å². The molecule has 0 saturated carbocycles. The van der Waals surface area contributed by atoms with Gasteiger partial charge < -0.3 is 9.15 Å². The number of aromatic nitrogens is 5. The minimum absolute atomic E-state index is 0.00424. The highest BCUT2D eigenvalue weighted by Crippen LogP contribution is 2.23. The summed E-state index contributed by atoms with van der Waals surface area (Å²) in [5.41, 5.74) is -1.45. The van der Waals surface area contributed by atoms with Gasteiger partial charge >= 0.3 is 6.01 Å². The molecule has 3 aromatic heterocycles. The quantitative estimate of drug-likeness (QED) is 0.414. The molecule has 0 N–H and O–H groups in total. The minimum atomic E-state index is -3.07. The fraction of sp³-hybridized carbons (Fsp3) is 0.167. The number of benzene rings is 1. The van der Waals surface area contributed by atoms with Crippen LogP contribution in [0.3, 0.4) is 0 Å². The van der Waals surface area contributed by atoms with E-state index in [0.717, 1.165) is 0 Å². The Morgan fingerprint density at radius 1 is 1.20 bits per heavy atom. The summed E-state index contributed by atoms with van der Waals surface area (Å²) in [7, 11) is 1.37. The Kier molecular flexibility index (Phi) is 5.44. The molecule has 4 aromatic rings. The molecule has 8 nitrogen and oxygen atoms in total. The largest absolute Gasteiger partial charge is 0.457 e. The molecule has 30 heavy (non-hydrogen) atoms. The molecular weight excluding hydrogens is 439 g/mol. The third-order valence-corrected chi connectivity index (χ3v) is 4.26. The number of ether oxygens (including phenoxy) is 1. The molecule has 1 unspecified atom stereocenters. The van der Waals surface area contributed by atoms with Crippen molar-refractivity contribution in [2.24, 2.45) is 0 Å². The minimum Gasteiger partial charge on any atom is -0.457 e. The van der Waals surface area contributed by atoms with Gasteiger partial charge in [0.1, 0.15) is 12.1 Å². The van der Waals surface area contributed by atoms with Crippen LogP contribution in [0.5, 0.6) is 6.01 Å². The summed E-state index contributed by atoms with van der Waals surface area (Å²) in [6, 6.07) is 7.67. The molecule has 0 amide bonds. The lowest BCUT2D eigenvalue weighted by molar-refractivity contribution is 0.0422. The lowest BCUT2D eigenvalue weighted by atomic mass is 10.2. The first-order valence-corrected chi connectivity index (χ1v) is 9.47. The molecule has 1 aromatic carbocycles. The van der Waals surface area contributed by atoms with Crippen molar-refractivity contribution in [2.75, 3.05) is 6.61 Å². The molecule has 0 aliphatic carbocycles. The second-order valence-electron chi connectivity index (χ2n) is 6.24. The zero-order valence-electron chi connectivity index (χ0n) is 15.1. The summed E-state index contributed by atoms with van der Waals surface area (Å²) in [6.07, 6.45) is 2.73. The third-order valence-electron chi connectivity index (χ3n) is 3.86. The monoisotopic (exact) mass is 451 g/mol. The number of halogens is 3. The Labute approximate surface area is 175 Å². The van der Waals surface area contributed by atoms with Gasteiger partial charge in [0.05, 0.1) is 5.69 Å². The fourth-order valence-corrected chi connectivity index (χ4v) is 2.79. The highest BCUT2D eigenvalue weighted by atomic mass is 35.5. The molecule has 0 radical (unpaired) electrons. The Hall–Kier alpha value is -2.97. The second kappa shape index (κ2) is 8.04. The van der Waals surface area contributed by atoms with E-state index >= 15 is 0 Å². The number of fused-ring (bicyclic) bond motifs is 1. The molecule has 0 saturated heterocycles. The van der Waals surface area contributed by atoms with E-state index in [2.05, 4.69) is 20.1 Å². The van der Waals surface area contributed by atoms with Crippen LogP contribution >= 0.6 is 20.8 Å². The van der Waals surface area contributed by atoms with Crippen LogP contribution in [-0.2, 0) is 6.54 Å². The molecule has 0 aliphatic rings. The lowest BCUT2D eigenvalue weighted by Crippen LogP contribution is -2.23. The van der Waals surface area contributed by atoms with Gasteiger partial charge in [0.15, 0.2) is 12.2 Å². The van der Waals surface area contributed by atoms with Crippen LogP contribution in [0.1, 0.15) is 5.89 Å². The first-order chi connectivity index (χ1) is 14.3. The Morgan fingerprint density at radius 3 is 2.70 bits per heavy atom. The lowest BCUT2D eigenvalue weighted by Gasteiger charge is -2.10. The topological polar surface area (TPSA) is 95.9 Å². The maximum atomic E-state index is 12.8. The summed E-state index contributed by atoms with van der Waals surface area (Å²) < 4.78 is 37.3. The van der Waals surface area contributed by atoms with E-state index in [1.807, 2.05) is 0 Å². The molecule has 0 bridgehead atoms. The van der Waals surface area contributed by atoms with Crippen molar-refractivity contribution in [3.63, 3.8) is 0 Å². The van der Waals surface area contributed by atoms with Gasteiger partial charge in [-0.1, -0.05) is 20.8 Å². The standard InChI is InChI=1S/C18H13ClF2N5O3P/c19-11-1-3-14-13(5-11)24-15(29-14)8-26-16(27)4-2-12(25-26)10-6-22-17(23-7-10)28-9-18(20,21)30/h1-7H,8-9,30H2. The van der Waals surface area contributed by atoms with E-state index in [0.29, 0.717) is 27.4 Å². The van der Waals surface area contributed by atoms with Crippen molar-refractivity contribution in [3.8, 4) is 17.3 Å².